The average molecular weight is 340 g/mol. The Balaban J connectivity index is 1.78. The molecule has 0 bridgehead atoms. The number of benzene rings is 2. The van der Waals surface area contributed by atoms with E-state index >= 15 is 0 Å². The van der Waals surface area contributed by atoms with Crippen molar-refractivity contribution in [3.05, 3.63) is 71.0 Å². The Morgan fingerprint density at radius 1 is 1.12 bits per heavy atom. The second-order valence-corrected chi connectivity index (χ2v) is 6.82. The van der Waals surface area contributed by atoms with Crippen LogP contribution in [0.15, 0.2) is 48.5 Å². The Morgan fingerprint density at radius 3 is 2.28 bits per heavy atom. The molecule has 0 heterocycles. The minimum Gasteiger partial charge on any atom is -0.352 e. The molecule has 2 aromatic carbocycles. The van der Waals surface area contributed by atoms with Crippen molar-refractivity contribution >= 4 is 5.91 Å². The van der Waals surface area contributed by atoms with Gasteiger partial charge in [-0.1, -0.05) is 43.3 Å². The molecule has 1 aliphatic rings. The summed E-state index contributed by atoms with van der Waals surface area (Å²) in [7, 11) is 1.94. The van der Waals surface area contributed by atoms with E-state index in [9.17, 15) is 9.18 Å². The van der Waals surface area contributed by atoms with Gasteiger partial charge >= 0.3 is 0 Å². The van der Waals surface area contributed by atoms with Crippen LogP contribution in [0, 0.1) is 5.82 Å². The smallest absolute Gasteiger partial charge is 0.242 e. The lowest BCUT2D eigenvalue weighted by Crippen LogP contribution is -2.39. The van der Waals surface area contributed by atoms with Crippen molar-refractivity contribution in [2.24, 2.45) is 0 Å². The first kappa shape index (κ1) is 17.6. The number of amides is 1. The van der Waals surface area contributed by atoms with Crippen LogP contribution in [0.3, 0.4) is 0 Å². The first-order valence-corrected chi connectivity index (χ1v) is 8.90. The fourth-order valence-corrected chi connectivity index (χ4v) is 3.02. The molecular weight excluding hydrogens is 315 g/mol. The SMILES string of the molecule is CCc1ccc(CN(C)[C@@H](C(=O)NC2CC2)c2ccc(F)cc2)cc1. The van der Waals surface area contributed by atoms with Gasteiger partial charge in [0.05, 0.1) is 0 Å². The number of carbonyl (C=O) groups is 1. The van der Waals surface area contributed by atoms with Crippen LogP contribution in [0.5, 0.6) is 0 Å². The number of halogens is 1. The summed E-state index contributed by atoms with van der Waals surface area (Å²) in [6.45, 7) is 2.79. The lowest BCUT2D eigenvalue weighted by Gasteiger charge is -2.28. The fourth-order valence-electron chi connectivity index (χ4n) is 3.02. The Morgan fingerprint density at radius 2 is 1.72 bits per heavy atom. The Labute approximate surface area is 148 Å². The van der Waals surface area contributed by atoms with Crippen molar-refractivity contribution in [3.8, 4) is 0 Å². The van der Waals surface area contributed by atoms with Crippen molar-refractivity contribution in [2.75, 3.05) is 7.05 Å². The largest absolute Gasteiger partial charge is 0.352 e. The molecule has 3 rings (SSSR count). The van der Waals surface area contributed by atoms with E-state index in [0.29, 0.717) is 12.6 Å². The Hall–Kier alpha value is -2.20. The summed E-state index contributed by atoms with van der Waals surface area (Å²) >= 11 is 0. The van der Waals surface area contributed by atoms with Gasteiger partial charge in [0, 0.05) is 12.6 Å². The van der Waals surface area contributed by atoms with Crippen LogP contribution < -0.4 is 5.32 Å². The first-order chi connectivity index (χ1) is 12.1. The van der Waals surface area contributed by atoms with E-state index in [4.69, 9.17) is 0 Å². The predicted molar refractivity (Wildman–Crippen MR) is 97.6 cm³/mol. The maximum atomic E-state index is 13.3. The summed E-state index contributed by atoms with van der Waals surface area (Å²) in [6.07, 6.45) is 3.10. The summed E-state index contributed by atoms with van der Waals surface area (Å²) in [5, 5.41) is 3.08. The van der Waals surface area contributed by atoms with Gasteiger partial charge in [0.2, 0.25) is 5.91 Å². The van der Waals surface area contributed by atoms with E-state index < -0.39 is 6.04 Å². The summed E-state index contributed by atoms with van der Waals surface area (Å²) in [6, 6.07) is 14.6. The standard InChI is InChI=1S/C21H25FN2O/c1-3-15-4-6-16(7-5-15)14-24(2)20(21(25)23-19-12-13-19)17-8-10-18(22)11-9-17/h4-11,19-20H,3,12-14H2,1-2H3,(H,23,25)/t20-/m1/s1. The molecule has 0 unspecified atom stereocenters. The number of nitrogens with one attached hydrogen (secondary N) is 1. The van der Waals surface area contributed by atoms with Crippen molar-refractivity contribution < 1.29 is 9.18 Å². The Kier molecular flexibility index (Phi) is 5.49. The molecule has 1 fully saturated rings. The summed E-state index contributed by atoms with van der Waals surface area (Å²) in [5.74, 6) is -0.301. The summed E-state index contributed by atoms with van der Waals surface area (Å²) in [5.41, 5.74) is 3.27. The van der Waals surface area contributed by atoms with Crippen LogP contribution in [0.2, 0.25) is 0 Å². The number of carbonyl (C=O) groups excluding carboxylic acids is 1. The number of hydrogen-bond acceptors (Lipinski definition) is 2. The zero-order chi connectivity index (χ0) is 17.8. The summed E-state index contributed by atoms with van der Waals surface area (Å²) < 4.78 is 13.3. The molecule has 0 aliphatic heterocycles. The van der Waals surface area contributed by atoms with Crippen molar-refractivity contribution in [1.82, 2.24) is 10.2 Å². The van der Waals surface area contributed by atoms with Crippen LogP contribution in [0.4, 0.5) is 4.39 Å². The number of aryl methyl sites for hydroxylation is 1. The van der Waals surface area contributed by atoms with E-state index in [2.05, 4.69) is 36.5 Å². The van der Waals surface area contributed by atoms with E-state index in [1.807, 2.05) is 11.9 Å². The van der Waals surface area contributed by atoms with Gasteiger partial charge in [0.25, 0.3) is 0 Å². The minimum absolute atomic E-state index is 0.0122. The third kappa shape index (κ3) is 4.67. The van der Waals surface area contributed by atoms with Gasteiger partial charge in [-0.25, -0.2) is 4.39 Å². The normalized spacial score (nSPS) is 15.2. The second kappa shape index (κ2) is 7.79. The Bertz CT molecular complexity index is 708. The van der Waals surface area contributed by atoms with Gasteiger partial charge in [0.1, 0.15) is 11.9 Å². The monoisotopic (exact) mass is 340 g/mol. The van der Waals surface area contributed by atoms with Gasteiger partial charge < -0.3 is 5.32 Å². The van der Waals surface area contributed by atoms with Crippen LogP contribution in [0.1, 0.15) is 42.5 Å². The minimum atomic E-state index is -0.424. The molecule has 1 saturated carbocycles. The van der Waals surface area contributed by atoms with Gasteiger partial charge in [-0.05, 0) is 55.1 Å². The molecule has 3 nitrogen and oxygen atoms in total. The van der Waals surface area contributed by atoms with Gasteiger partial charge in [-0.2, -0.15) is 0 Å². The molecule has 1 amide bonds. The lowest BCUT2D eigenvalue weighted by molar-refractivity contribution is -0.126. The number of rotatable bonds is 7. The molecule has 1 aliphatic carbocycles. The zero-order valence-corrected chi connectivity index (χ0v) is 14.8. The van der Waals surface area contributed by atoms with Crippen LogP contribution in [-0.4, -0.2) is 23.9 Å². The fraction of sp³-hybridized carbons (Fsp3) is 0.381. The molecule has 0 spiro atoms. The first-order valence-electron chi connectivity index (χ1n) is 8.90. The highest BCUT2D eigenvalue weighted by Crippen LogP contribution is 2.25. The zero-order valence-electron chi connectivity index (χ0n) is 14.8. The summed E-state index contributed by atoms with van der Waals surface area (Å²) in [4.78, 5) is 14.8. The van der Waals surface area contributed by atoms with Crippen molar-refractivity contribution in [2.45, 2.75) is 44.8 Å². The second-order valence-electron chi connectivity index (χ2n) is 6.82. The highest BCUT2D eigenvalue weighted by atomic mass is 19.1. The average Bonchev–Trinajstić information content (AvgIpc) is 3.41. The molecule has 0 radical (unpaired) electrons. The van der Waals surface area contributed by atoms with E-state index in [0.717, 1.165) is 30.4 Å². The third-order valence-corrected chi connectivity index (χ3v) is 4.66. The molecule has 2 aromatic rings. The number of nitrogens with zero attached hydrogens (tertiary/aromatic N) is 1. The number of hydrogen-bond donors (Lipinski definition) is 1. The van der Waals surface area contributed by atoms with Crippen LogP contribution in [0.25, 0.3) is 0 Å². The van der Waals surface area contributed by atoms with Gasteiger partial charge in [-0.3, -0.25) is 9.69 Å². The van der Waals surface area contributed by atoms with E-state index in [-0.39, 0.29) is 11.7 Å². The van der Waals surface area contributed by atoms with Crippen LogP contribution >= 0.6 is 0 Å². The molecule has 0 aromatic heterocycles. The van der Waals surface area contributed by atoms with Crippen molar-refractivity contribution in [1.29, 1.82) is 0 Å². The lowest BCUT2D eigenvalue weighted by atomic mass is 10.0. The van der Waals surface area contributed by atoms with Crippen LogP contribution in [-0.2, 0) is 17.8 Å². The third-order valence-electron chi connectivity index (χ3n) is 4.66. The molecule has 1 atom stereocenters. The highest BCUT2D eigenvalue weighted by molar-refractivity contribution is 5.83. The van der Waals surface area contributed by atoms with Gasteiger partial charge in [-0.15, -0.1) is 0 Å². The highest BCUT2D eigenvalue weighted by Gasteiger charge is 2.30. The molecular formula is C21H25FN2O. The van der Waals surface area contributed by atoms with E-state index in [1.165, 1.54) is 17.7 Å². The number of likely N-dealkylation sites (N-methyl/N-ethyl adjacent to an activating group) is 1. The quantitative estimate of drug-likeness (QED) is 0.830. The maximum Gasteiger partial charge on any atom is 0.242 e. The topological polar surface area (TPSA) is 32.3 Å². The maximum absolute atomic E-state index is 13.3. The molecule has 4 heteroatoms. The molecule has 132 valence electrons. The molecule has 25 heavy (non-hydrogen) atoms. The molecule has 1 N–H and O–H groups in total. The van der Waals surface area contributed by atoms with Crippen molar-refractivity contribution in [3.63, 3.8) is 0 Å². The van der Waals surface area contributed by atoms with Gasteiger partial charge in [0.15, 0.2) is 0 Å². The van der Waals surface area contributed by atoms with E-state index in [1.54, 1.807) is 12.1 Å². The predicted octanol–water partition coefficient (Wildman–Crippen LogP) is 3.84. The molecule has 0 saturated heterocycles.